The summed E-state index contributed by atoms with van der Waals surface area (Å²) in [5, 5.41) is 47.5. The quantitative estimate of drug-likeness (QED) is 0.145. The van der Waals surface area contributed by atoms with Crippen LogP contribution in [-0.4, -0.2) is 63.3 Å². The van der Waals surface area contributed by atoms with Gasteiger partial charge < -0.3 is 30.3 Å². The van der Waals surface area contributed by atoms with Gasteiger partial charge in [-0.2, -0.15) is 0 Å². The molecule has 168 valence electrons. The van der Waals surface area contributed by atoms with Crippen LogP contribution >= 0.6 is 0 Å². The maximum atomic E-state index is 9.77. The van der Waals surface area contributed by atoms with Crippen LogP contribution < -0.4 is 0 Å². The van der Waals surface area contributed by atoms with E-state index in [2.05, 4.69) is 33.8 Å². The normalized spacial score (nSPS) is 18.1. The zero-order chi connectivity index (χ0) is 21.5. The first-order chi connectivity index (χ1) is 13.2. The zero-order valence-electron chi connectivity index (χ0n) is 18.3. The summed E-state index contributed by atoms with van der Waals surface area (Å²) >= 11 is 0. The average Bonchev–Trinajstić information content (AvgIpc) is 2.63. The van der Waals surface area contributed by atoms with E-state index in [-0.39, 0.29) is 19.6 Å². The van der Waals surface area contributed by atoms with E-state index in [1.54, 1.807) is 0 Å². The highest BCUT2D eigenvalue weighted by Crippen LogP contribution is 2.19. The molecule has 0 aromatic rings. The van der Waals surface area contributed by atoms with Crippen LogP contribution in [0, 0.1) is 11.8 Å². The summed E-state index contributed by atoms with van der Waals surface area (Å²) in [5.41, 5.74) is 1.28. The predicted molar refractivity (Wildman–Crippen MR) is 112 cm³/mol. The van der Waals surface area contributed by atoms with Crippen LogP contribution in [0.3, 0.4) is 0 Å². The predicted octanol–water partition coefficient (Wildman–Crippen LogP) is 2.76. The molecule has 0 aliphatic rings. The van der Waals surface area contributed by atoms with Crippen molar-refractivity contribution in [2.75, 3.05) is 13.2 Å². The molecule has 0 rings (SSSR count). The molecular weight excluding hydrogens is 360 g/mol. The average molecular weight is 405 g/mol. The Kier molecular flexibility index (Phi) is 16.0. The fourth-order valence-corrected chi connectivity index (χ4v) is 3.14. The van der Waals surface area contributed by atoms with E-state index in [0.717, 1.165) is 18.3 Å². The van der Waals surface area contributed by atoms with Crippen molar-refractivity contribution in [2.24, 2.45) is 11.8 Å². The van der Waals surface area contributed by atoms with Crippen LogP contribution in [0.1, 0.15) is 79.1 Å². The number of rotatable bonds is 17. The first kappa shape index (κ1) is 27.5. The van der Waals surface area contributed by atoms with Gasteiger partial charge in [0.25, 0.3) is 0 Å². The number of hydrogen-bond acceptors (Lipinski definition) is 6. The minimum atomic E-state index is -1.62. The lowest BCUT2D eigenvalue weighted by atomic mass is 9.94. The second-order valence-corrected chi connectivity index (χ2v) is 8.48. The maximum absolute atomic E-state index is 9.77. The molecule has 5 atom stereocenters. The molecule has 0 heterocycles. The lowest BCUT2D eigenvalue weighted by Crippen LogP contribution is -2.45. The van der Waals surface area contributed by atoms with Crippen molar-refractivity contribution < 1.29 is 30.3 Å². The van der Waals surface area contributed by atoms with Gasteiger partial charge in [-0.15, -0.1) is 0 Å². The standard InChI is InChI=1S/C22H44O6/c1-16(2)8-5-9-17(3)10-6-11-18(4)12-7-15-28-22(27)21(26)20(25)19(24)13-14-23/h12,16-17,19-27H,5-11,13-15H2,1-4H3. The molecule has 0 aromatic carbocycles. The van der Waals surface area contributed by atoms with Gasteiger partial charge in [0.15, 0.2) is 6.29 Å². The molecule has 0 aliphatic heterocycles. The van der Waals surface area contributed by atoms with Gasteiger partial charge in [-0.25, -0.2) is 0 Å². The zero-order valence-corrected chi connectivity index (χ0v) is 18.3. The van der Waals surface area contributed by atoms with E-state index in [1.165, 1.54) is 37.7 Å². The Bertz CT molecular complexity index is 398. The van der Waals surface area contributed by atoms with E-state index in [0.29, 0.717) is 6.42 Å². The third kappa shape index (κ3) is 13.6. The monoisotopic (exact) mass is 404 g/mol. The summed E-state index contributed by atoms with van der Waals surface area (Å²) in [7, 11) is 0. The molecule has 0 aromatic heterocycles. The molecule has 0 saturated carbocycles. The largest absolute Gasteiger partial charge is 0.396 e. The Morgan fingerprint density at radius 1 is 0.893 bits per heavy atom. The summed E-state index contributed by atoms with van der Waals surface area (Å²) in [6, 6.07) is 0. The van der Waals surface area contributed by atoms with E-state index in [4.69, 9.17) is 9.84 Å². The Morgan fingerprint density at radius 3 is 2.14 bits per heavy atom. The summed E-state index contributed by atoms with van der Waals surface area (Å²) in [6.07, 6.45) is 3.88. The molecule has 0 bridgehead atoms. The molecule has 28 heavy (non-hydrogen) atoms. The van der Waals surface area contributed by atoms with Crippen LogP contribution in [-0.2, 0) is 4.74 Å². The summed E-state index contributed by atoms with van der Waals surface area (Å²) in [4.78, 5) is 0. The Balaban J connectivity index is 3.93. The van der Waals surface area contributed by atoms with Gasteiger partial charge in [0.05, 0.1) is 12.7 Å². The van der Waals surface area contributed by atoms with Gasteiger partial charge in [-0.3, -0.25) is 0 Å². The topological polar surface area (TPSA) is 110 Å². The van der Waals surface area contributed by atoms with E-state index < -0.39 is 24.6 Å². The molecule has 0 saturated heterocycles. The van der Waals surface area contributed by atoms with Crippen molar-refractivity contribution in [2.45, 2.75) is 104 Å². The highest BCUT2D eigenvalue weighted by atomic mass is 16.6. The molecule has 0 radical (unpaired) electrons. The minimum Gasteiger partial charge on any atom is -0.396 e. The molecule has 0 amide bonds. The molecule has 0 aliphatic carbocycles. The Labute approximate surface area is 171 Å². The van der Waals surface area contributed by atoms with Crippen molar-refractivity contribution in [1.82, 2.24) is 0 Å². The molecule has 5 N–H and O–H groups in total. The van der Waals surface area contributed by atoms with Crippen molar-refractivity contribution in [3.63, 3.8) is 0 Å². The number of hydrogen-bond donors (Lipinski definition) is 5. The van der Waals surface area contributed by atoms with Gasteiger partial charge in [-0.05, 0) is 44.4 Å². The number of ether oxygens (including phenoxy) is 1. The SMILES string of the molecule is CC(=CCCOC(O)C(O)C(O)C(O)CCO)CCCC(C)CCCC(C)C. The fraction of sp³-hybridized carbons (Fsp3) is 0.909. The molecule has 6 heteroatoms. The smallest absolute Gasteiger partial charge is 0.183 e. The highest BCUT2D eigenvalue weighted by molar-refractivity contribution is 4.97. The summed E-state index contributed by atoms with van der Waals surface area (Å²) in [6.45, 7) is 8.85. The summed E-state index contributed by atoms with van der Waals surface area (Å²) in [5.74, 6) is 1.55. The lowest BCUT2D eigenvalue weighted by Gasteiger charge is -2.26. The molecule has 0 fully saturated rings. The van der Waals surface area contributed by atoms with Gasteiger partial charge in [-0.1, -0.05) is 58.1 Å². The van der Waals surface area contributed by atoms with E-state index in [1.807, 2.05) is 0 Å². The third-order valence-corrected chi connectivity index (χ3v) is 5.11. The molecular formula is C22H44O6. The van der Waals surface area contributed by atoms with Gasteiger partial charge in [0, 0.05) is 6.61 Å². The first-order valence-electron chi connectivity index (χ1n) is 10.8. The Morgan fingerprint density at radius 2 is 1.54 bits per heavy atom. The maximum Gasteiger partial charge on any atom is 0.183 e. The van der Waals surface area contributed by atoms with Crippen molar-refractivity contribution >= 4 is 0 Å². The van der Waals surface area contributed by atoms with Crippen LogP contribution in [0.15, 0.2) is 11.6 Å². The Hall–Kier alpha value is -0.500. The van der Waals surface area contributed by atoms with Gasteiger partial charge in [0.1, 0.15) is 12.2 Å². The first-order valence-corrected chi connectivity index (χ1v) is 10.8. The van der Waals surface area contributed by atoms with Crippen molar-refractivity contribution in [3.8, 4) is 0 Å². The van der Waals surface area contributed by atoms with Gasteiger partial charge in [0.2, 0.25) is 0 Å². The minimum absolute atomic E-state index is 0.0801. The van der Waals surface area contributed by atoms with Crippen LogP contribution in [0.4, 0.5) is 0 Å². The van der Waals surface area contributed by atoms with Crippen LogP contribution in [0.2, 0.25) is 0 Å². The lowest BCUT2D eigenvalue weighted by molar-refractivity contribution is -0.202. The second-order valence-electron chi connectivity index (χ2n) is 8.48. The number of allylic oxidation sites excluding steroid dienone is 1. The van der Waals surface area contributed by atoms with E-state index >= 15 is 0 Å². The third-order valence-electron chi connectivity index (χ3n) is 5.11. The number of aliphatic hydroxyl groups is 5. The van der Waals surface area contributed by atoms with E-state index in [9.17, 15) is 20.4 Å². The highest BCUT2D eigenvalue weighted by Gasteiger charge is 2.30. The van der Waals surface area contributed by atoms with Crippen molar-refractivity contribution in [1.29, 1.82) is 0 Å². The second kappa shape index (κ2) is 16.3. The van der Waals surface area contributed by atoms with Crippen molar-refractivity contribution in [3.05, 3.63) is 11.6 Å². The molecule has 0 spiro atoms. The van der Waals surface area contributed by atoms with Crippen LogP contribution in [0.25, 0.3) is 0 Å². The van der Waals surface area contributed by atoms with Crippen LogP contribution in [0.5, 0.6) is 0 Å². The number of aliphatic hydroxyl groups excluding tert-OH is 5. The fourth-order valence-electron chi connectivity index (χ4n) is 3.14. The molecule has 5 unspecified atom stereocenters. The summed E-state index contributed by atoms with van der Waals surface area (Å²) < 4.78 is 5.14. The molecule has 6 nitrogen and oxygen atoms in total. The van der Waals surface area contributed by atoms with Gasteiger partial charge >= 0.3 is 0 Å².